The molecule has 2 aromatic rings. The van der Waals surface area contributed by atoms with Crippen LogP contribution in [-0.2, 0) is 28.9 Å². The van der Waals surface area contributed by atoms with Crippen LogP contribution in [0.3, 0.4) is 0 Å². The van der Waals surface area contributed by atoms with Gasteiger partial charge in [-0.15, -0.1) is 11.3 Å². The third kappa shape index (κ3) is 4.97. The molecule has 0 N–H and O–H groups in total. The number of aryl methyl sites for hydroxylation is 1. The number of hydrogen-bond donors (Lipinski definition) is 0. The molecule has 0 amide bonds. The Balaban J connectivity index is 1.72. The van der Waals surface area contributed by atoms with Crippen molar-refractivity contribution in [1.82, 2.24) is 14.5 Å². The van der Waals surface area contributed by atoms with E-state index in [0.717, 1.165) is 47.9 Å². The van der Waals surface area contributed by atoms with E-state index in [1.54, 1.807) is 22.8 Å². The van der Waals surface area contributed by atoms with Crippen LogP contribution in [0, 0.1) is 23.7 Å². The van der Waals surface area contributed by atoms with Gasteiger partial charge in [-0.25, -0.2) is 9.78 Å². The Labute approximate surface area is 207 Å². The monoisotopic (exact) mass is 487 g/mol. The normalized spacial score (nSPS) is 26.1. The van der Waals surface area contributed by atoms with Crippen LogP contribution in [-0.4, -0.2) is 40.6 Å². The van der Waals surface area contributed by atoms with Crippen LogP contribution in [0.1, 0.15) is 82.6 Å². The van der Waals surface area contributed by atoms with Crippen LogP contribution in [0.2, 0.25) is 0 Å². The molecule has 7 heteroatoms. The van der Waals surface area contributed by atoms with Gasteiger partial charge in [0.05, 0.1) is 11.9 Å². The molecule has 0 spiro atoms. The maximum Gasteiger partial charge on any atom is 0.329 e. The second-order valence-electron chi connectivity index (χ2n) is 11.5. The molecule has 188 valence electrons. The summed E-state index contributed by atoms with van der Waals surface area (Å²) < 4.78 is 7.77. The molecule has 34 heavy (non-hydrogen) atoms. The Hall–Kier alpha value is -1.73. The number of fused-ring (bicyclic) bond motifs is 3. The number of rotatable bonds is 6. The Morgan fingerprint density at radius 3 is 2.59 bits per heavy atom. The lowest BCUT2D eigenvalue weighted by Crippen LogP contribution is -2.40. The Morgan fingerprint density at radius 2 is 1.91 bits per heavy atom. The SMILES string of the molecule is CC1CCc2c(sc3nc(CN(C)C)n(C(C)C(=O)OC4CC(C)CCC4C(C)C)c(=O)c23)C1. The summed E-state index contributed by atoms with van der Waals surface area (Å²) in [4.78, 5) is 36.4. The predicted molar refractivity (Wildman–Crippen MR) is 138 cm³/mol. The molecule has 0 aromatic carbocycles. The second kappa shape index (κ2) is 10.1. The maximum absolute atomic E-state index is 13.9. The van der Waals surface area contributed by atoms with Crippen molar-refractivity contribution >= 4 is 27.5 Å². The van der Waals surface area contributed by atoms with Crippen LogP contribution in [0.15, 0.2) is 4.79 Å². The minimum atomic E-state index is -0.706. The molecule has 6 nitrogen and oxygen atoms in total. The first-order valence-electron chi connectivity index (χ1n) is 13.0. The zero-order chi connectivity index (χ0) is 24.7. The fraction of sp³-hybridized carbons (Fsp3) is 0.741. The first-order valence-corrected chi connectivity index (χ1v) is 13.8. The van der Waals surface area contributed by atoms with Crippen LogP contribution in [0.5, 0.6) is 0 Å². The van der Waals surface area contributed by atoms with Gasteiger partial charge in [-0.2, -0.15) is 0 Å². The number of esters is 1. The van der Waals surface area contributed by atoms with Crippen molar-refractivity contribution in [3.63, 3.8) is 0 Å². The number of carbonyl (C=O) groups is 1. The molecule has 5 atom stereocenters. The Morgan fingerprint density at radius 1 is 1.18 bits per heavy atom. The predicted octanol–water partition coefficient (Wildman–Crippen LogP) is 5.21. The van der Waals surface area contributed by atoms with Gasteiger partial charge in [0.15, 0.2) is 0 Å². The fourth-order valence-electron chi connectivity index (χ4n) is 5.84. The average Bonchev–Trinajstić information content (AvgIpc) is 3.10. The topological polar surface area (TPSA) is 64.4 Å². The summed E-state index contributed by atoms with van der Waals surface area (Å²) >= 11 is 1.66. The highest BCUT2D eigenvalue weighted by atomic mass is 32.1. The van der Waals surface area contributed by atoms with E-state index in [4.69, 9.17) is 9.72 Å². The van der Waals surface area contributed by atoms with Crippen molar-refractivity contribution in [1.29, 1.82) is 0 Å². The van der Waals surface area contributed by atoms with Gasteiger partial charge in [-0.05, 0) is 82.4 Å². The van der Waals surface area contributed by atoms with Crippen LogP contribution >= 0.6 is 11.3 Å². The van der Waals surface area contributed by atoms with E-state index in [0.29, 0.717) is 36.0 Å². The van der Waals surface area contributed by atoms with Gasteiger partial charge < -0.3 is 9.64 Å². The van der Waals surface area contributed by atoms with E-state index in [2.05, 4.69) is 27.7 Å². The molecular formula is C27H41N3O3S. The largest absolute Gasteiger partial charge is 0.461 e. The van der Waals surface area contributed by atoms with Crippen molar-refractivity contribution < 1.29 is 9.53 Å². The fourth-order valence-corrected chi connectivity index (χ4v) is 7.23. The lowest BCUT2D eigenvalue weighted by Gasteiger charge is -2.37. The van der Waals surface area contributed by atoms with E-state index in [1.807, 2.05) is 19.0 Å². The highest BCUT2D eigenvalue weighted by molar-refractivity contribution is 7.18. The summed E-state index contributed by atoms with van der Waals surface area (Å²) in [5.74, 6) is 2.33. The Kier molecular flexibility index (Phi) is 7.53. The molecule has 0 radical (unpaired) electrons. The van der Waals surface area contributed by atoms with Crippen LogP contribution in [0.25, 0.3) is 10.2 Å². The van der Waals surface area contributed by atoms with E-state index in [9.17, 15) is 9.59 Å². The molecule has 4 rings (SSSR count). The van der Waals surface area contributed by atoms with Crippen LogP contribution in [0.4, 0.5) is 0 Å². The molecule has 1 fully saturated rings. The van der Waals surface area contributed by atoms with Crippen molar-refractivity contribution in [3.8, 4) is 0 Å². The standard InChI is InChI=1S/C27H41N3O3S/c1-15(2)19-10-8-16(3)12-21(19)33-27(32)18(5)30-23(14-29(6)7)28-25-24(26(30)31)20-11-9-17(4)13-22(20)34-25/h15-19,21H,8-14H2,1-7H3. The van der Waals surface area contributed by atoms with Gasteiger partial charge in [0.25, 0.3) is 5.56 Å². The molecule has 1 saturated carbocycles. The van der Waals surface area contributed by atoms with Crippen molar-refractivity contribution in [2.75, 3.05) is 14.1 Å². The molecule has 2 heterocycles. The zero-order valence-electron chi connectivity index (χ0n) is 21.9. The van der Waals surface area contributed by atoms with Gasteiger partial charge in [-0.1, -0.05) is 34.1 Å². The van der Waals surface area contributed by atoms with Crippen molar-refractivity contribution in [2.45, 2.75) is 91.8 Å². The summed E-state index contributed by atoms with van der Waals surface area (Å²) in [6, 6.07) is -0.706. The second-order valence-corrected chi connectivity index (χ2v) is 12.5. The summed E-state index contributed by atoms with van der Waals surface area (Å²) in [6.45, 7) is 11.2. The van der Waals surface area contributed by atoms with Gasteiger partial charge in [-0.3, -0.25) is 9.36 Å². The van der Waals surface area contributed by atoms with Gasteiger partial charge in [0, 0.05) is 4.88 Å². The molecule has 0 saturated heterocycles. The molecule has 0 aliphatic heterocycles. The number of hydrogen-bond acceptors (Lipinski definition) is 6. The summed E-state index contributed by atoms with van der Waals surface area (Å²) in [7, 11) is 3.92. The van der Waals surface area contributed by atoms with Crippen LogP contribution < -0.4 is 5.56 Å². The smallest absolute Gasteiger partial charge is 0.329 e. The highest BCUT2D eigenvalue weighted by Gasteiger charge is 2.35. The summed E-state index contributed by atoms with van der Waals surface area (Å²) in [5, 5.41) is 0.723. The van der Waals surface area contributed by atoms with Crippen molar-refractivity contribution in [2.24, 2.45) is 23.7 Å². The lowest BCUT2D eigenvalue weighted by molar-refractivity contribution is -0.159. The third-order valence-corrected chi connectivity index (χ3v) is 9.00. The third-order valence-electron chi connectivity index (χ3n) is 7.85. The average molecular weight is 488 g/mol. The number of nitrogens with zero attached hydrogens (tertiary/aromatic N) is 3. The lowest BCUT2D eigenvalue weighted by atomic mass is 9.75. The molecule has 2 aliphatic rings. The number of ether oxygens (including phenoxy) is 1. The molecular weight excluding hydrogens is 446 g/mol. The quantitative estimate of drug-likeness (QED) is 0.524. The molecule has 0 bridgehead atoms. The molecule has 2 aromatic heterocycles. The number of aromatic nitrogens is 2. The molecule has 2 aliphatic carbocycles. The van der Waals surface area contributed by atoms with Gasteiger partial charge in [0.1, 0.15) is 22.8 Å². The molecule has 5 unspecified atom stereocenters. The first-order chi connectivity index (χ1) is 16.1. The van der Waals surface area contributed by atoms with Crippen molar-refractivity contribution in [3.05, 3.63) is 26.6 Å². The zero-order valence-corrected chi connectivity index (χ0v) is 22.7. The minimum Gasteiger partial charge on any atom is -0.461 e. The first kappa shape index (κ1) is 25.4. The van der Waals surface area contributed by atoms with E-state index in [1.165, 1.54) is 11.3 Å². The van der Waals surface area contributed by atoms with E-state index < -0.39 is 6.04 Å². The highest BCUT2D eigenvalue weighted by Crippen LogP contribution is 2.37. The summed E-state index contributed by atoms with van der Waals surface area (Å²) in [5.41, 5.74) is 1.07. The minimum absolute atomic E-state index is 0.0845. The van der Waals surface area contributed by atoms with E-state index in [-0.39, 0.29) is 17.6 Å². The van der Waals surface area contributed by atoms with Gasteiger partial charge >= 0.3 is 5.97 Å². The van der Waals surface area contributed by atoms with E-state index >= 15 is 0 Å². The number of thiophene rings is 1. The maximum atomic E-state index is 13.9. The van der Waals surface area contributed by atoms with Gasteiger partial charge in [0.2, 0.25) is 0 Å². The summed E-state index contributed by atoms with van der Waals surface area (Å²) in [6.07, 6.45) is 6.09. The number of carbonyl (C=O) groups excluding carboxylic acids is 1. The Bertz CT molecular complexity index is 1100.